The second-order valence-electron chi connectivity index (χ2n) is 7.80. The molecule has 1 saturated heterocycles. The molecule has 2 fully saturated rings. The van der Waals surface area contributed by atoms with Crippen LogP contribution in [0.15, 0.2) is 30.3 Å². The van der Waals surface area contributed by atoms with Gasteiger partial charge in [0.05, 0.1) is 11.7 Å². The molecule has 6 heteroatoms. The molecular weight excluding hydrogens is 358 g/mol. The highest BCUT2D eigenvalue weighted by atomic mass is 35.5. The molecule has 0 radical (unpaired) electrons. The van der Waals surface area contributed by atoms with Gasteiger partial charge in [-0.05, 0) is 12.8 Å². The fourth-order valence-electron chi connectivity index (χ4n) is 4.67. The molecule has 1 aromatic carbocycles. The van der Waals surface area contributed by atoms with Crippen molar-refractivity contribution >= 4 is 11.6 Å². The average molecular weight is 388 g/mol. The molecule has 1 aliphatic carbocycles. The second kappa shape index (κ2) is 8.31. The minimum atomic E-state index is 0.0758. The van der Waals surface area contributed by atoms with Gasteiger partial charge in [0.25, 0.3) is 0 Å². The van der Waals surface area contributed by atoms with E-state index in [1.54, 1.807) is 0 Å². The molecule has 1 aromatic heterocycles. The van der Waals surface area contributed by atoms with Crippen LogP contribution < -0.4 is 5.73 Å². The Kier molecular flexibility index (Phi) is 5.83. The van der Waals surface area contributed by atoms with Crippen LogP contribution in [0, 0.1) is 0 Å². The van der Waals surface area contributed by atoms with Gasteiger partial charge in [0.2, 0.25) is 0 Å². The number of hydrogen-bond acceptors (Lipinski definition) is 4. The van der Waals surface area contributed by atoms with Crippen LogP contribution in [0.3, 0.4) is 0 Å². The first-order valence-corrected chi connectivity index (χ1v) is 10.5. The first-order chi connectivity index (χ1) is 13.2. The largest absolute Gasteiger partial charge is 0.329 e. The zero-order valence-corrected chi connectivity index (χ0v) is 16.9. The number of imidazole rings is 1. The molecule has 2 heterocycles. The van der Waals surface area contributed by atoms with Crippen molar-refractivity contribution in [1.29, 1.82) is 0 Å². The van der Waals surface area contributed by atoms with E-state index in [1.165, 1.54) is 25.7 Å². The summed E-state index contributed by atoms with van der Waals surface area (Å²) >= 11 is 6.70. The van der Waals surface area contributed by atoms with Crippen LogP contribution in [-0.4, -0.2) is 58.1 Å². The average Bonchev–Trinajstić information content (AvgIpc) is 3.34. The maximum Gasteiger partial charge on any atom is 0.141 e. The molecule has 27 heavy (non-hydrogen) atoms. The molecule has 0 amide bonds. The van der Waals surface area contributed by atoms with Gasteiger partial charge >= 0.3 is 0 Å². The quantitative estimate of drug-likeness (QED) is 0.855. The number of hydrogen-bond donors (Lipinski definition) is 1. The zero-order valence-electron chi connectivity index (χ0n) is 16.1. The summed E-state index contributed by atoms with van der Waals surface area (Å²) in [5.41, 5.74) is 8.19. The maximum absolute atomic E-state index is 6.70. The van der Waals surface area contributed by atoms with Crippen molar-refractivity contribution < 1.29 is 0 Å². The minimum Gasteiger partial charge on any atom is -0.329 e. The molecule has 5 nitrogen and oxygen atoms in total. The normalized spacial score (nSPS) is 21.0. The summed E-state index contributed by atoms with van der Waals surface area (Å²) < 4.78 is 1.98. The van der Waals surface area contributed by atoms with E-state index in [4.69, 9.17) is 22.3 Å². The smallest absolute Gasteiger partial charge is 0.141 e. The van der Waals surface area contributed by atoms with Gasteiger partial charge in [-0.2, -0.15) is 0 Å². The molecule has 1 unspecified atom stereocenters. The van der Waals surface area contributed by atoms with Gasteiger partial charge in [-0.1, -0.05) is 54.8 Å². The Morgan fingerprint density at radius 2 is 1.78 bits per heavy atom. The van der Waals surface area contributed by atoms with Crippen molar-refractivity contribution in [2.24, 2.45) is 12.8 Å². The van der Waals surface area contributed by atoms with E-state index in [0.717, 1.165) is 49.3 Å². The van der Waals surface area contributed by atoms with Crippen molar-refractivity contribution in [3.63, 3.8) is 0 Å². The molecule has 1 aliphatic heterocycles. The van der Waals surface area contributed by atoms with Crippen molar-refractivity contribution in [1.82, 2.24) is 19.4 Å². The van der Waals surface area contributed by atoms with E-state index in [-0.39, 0.29) is 6.04 Å². The van der Waals surface area contributed by atoms with Gasteiger partial charge < -0.3 is 10.3 Å². The summed E-state index contributed by atoms with van der Waals surface area (Å²) in [6.07, 6.45) is 5.52. The number of piperazine rings is 1. The van der Waals surface area contributed by atoms with Crippen LogP contribution in [0.1, 0.15) is 37.4 Å². The molecular formula is C21H30ClN5. The number of benzene rings is 1. The molecule has 4 rings (SSSR count). The lowest BCUT2D eigenvalue weighted by Gasteiger charge is -2.41. The first-order valence-electron chi connectivity index (χ1n) is 10.1. The first kappa shape index (κ1) is 18.9. The van der Waals surface area contributed by atoms with Gasteiger partial charge in [0, 0.05) is 51.4 Å². The summed E-state index contributed by atoms with van der Waals surface area (Å²) in [4.78, 5) is 10.1. The monoisotopic (exact) mass is 387 g/mol. The molecule has 0 bridgehead atoms. The molecule has 1 atom stereocenters. The van der Waals surface area contributed by atoms with Crippen LogP contribution in [0.5, 0.6) is 0 Å². The van der Waals surface area contributed by atoms with E-state index in [1.807, 2.05) is 29.8 Å². The molecule has 0 spiro atoms. The van der Waals surface area contributed by atoms with E-state index < -0.39 is 0 Å². The van der Waals surface area contributed by atoms with Crippen LogP contribution in [0.2, 0.25) is 5.15 Å². The molecule has 1 saturated carbocycles. The number of nitrogens with two attached hydrogens (primary N) is 1. The van der Waals surface area contributed by atoms with Crippen molar-refractivity contribution in [3.8, 4) is 11.4 Å². The van der Waals surface area contributed by atoms with Crippen LogP contribution in [-0.2, 0) is 7.05 Å². The van der Waals surface area contributed by atoms with Gasteiger partial charge in [-0.3, -0.25) is 9.80 Å². The third kappa shape index (κ3) is 3.79. The number of nitrogens with zero attached hydrogens (tertiary/aromatic N) is 4. The highest BCUT2D eigenvalue weighted by Gasteiger charge is 2.31. The number of halogens is 1. The Hall–Kier alpha value is -1.40. The number of rotatable bonds is 5. The topological polar surface area (TPSA) is 50.3 Å². The number of aromatic nitrogens is 2. The predicted molar refractivity (Wildman–Crippen MR) is 111 cm³/mol. The highest BCUT2D eigenvalue weighted by molar-refractivity contribution is 6.30. The fraction of sp³-hybridized carbons (Fsp3) is 0.571. The predicted octanol–water partition coefficient (Wildman–Crippen LogP) is 3.30. The van der Waals surface area contributed by atoms with Crippen molar-refractivity contribution in [3.05, 3.63) is 41.2 Å². The van der Waals surface area contributed by atoms with E-state index in [9.17, 15) is 0 Å². The summed E-state index contributed by atoms with van der Waals surface area (Å²) in [6, 6.07) is 11.1. The lowest BCUT2D eigenvalue weighted by atomic mass is 10.1. The fourth-order valence-corrected chi connectivity index (χ4v) is 4.92. The van der Waals surface area contributed by atoms with E-state index in [0.29, 0.717) is 11.7 Å². The van der Waals surface area contributed by atoms with Gasteiger partial charge in [-0.15, -0.1) is 0 Å². The summed E-state index contributed by atoms with van der Waals surface area (Å²) in [6.45, 7) is 4.85. The molecule has 2 N–H and O–H groups in total. The van der Waals surface area contributed by atoms with Crippen LogP contribution in [0.25, 0.3) is 11.4 Å². The lowest BCUT2D eigenvalue weighted by molar-refractivity contribution is 0.0712. The van der Waals surface area contributed by atoms with Crippen LogP contribution in [0.4, 0.5) is 0 Å². The SMILES string of the molecule is Cn1c(-c2ccccc2)nc(C(CN)N2CCN(C3CCCC3)CC2)c1Cl. The summed E-state index contributed by atoms with van der Waals surface area (Å²) in [7, 11) is 1.98. The Morgan fingerprint density at radius 3 is 2.41 bits per heavy atom. The Labute approximate surface area is 167 Å². The lowest BCUT2D eigenvalue weighted by Crippen LogP contribution is -2.51. The van der Waals surface area contributed by atoms with E-state index in [2.05, 4.69) is 21.9 Å². The Balaban J connectivity index is 1.51. The van der Waals surface area contributed by atoms with Gasteiger partial charge in [-0.25, -0.2) is 4.98 Å². The minimum absolute atomic E-state index is 0.0758. The maximum atomic E-state index is 6.70. The van der Waals surface area contributed by atoms with Gasteiger partial charge in [0.1, 0.15) is 11.0 Å². The van der Waals surface area contributed by atoms with Crippen LogP contribution >= 0.6 is 11.6 Å². The standard InChI is InChI=1S/C21H30ClN5/c1-25-20(22)19(24-21(25)16-7-3-2-4-8-16)18(15-23)27-13-11-26(12-14-27)17-9-5-6-10-17/h2-4,7-8,17-18H,5-6,9-15,23H2,1H3. The van der Waals surface area contributed by atoms with Crippen molar-refractivity contribution in [2.75, 3.05) is 32.7 Å². The Bertz CT molecular complexity index is 745. The third-order valence-electron chi connectivity index (χ3n) is 6.25. The summed E-state index contributed by atoms with van der Waals surface area (Å²) in [5, 5.41) is 0.697. The van der Waals surface area contributed by atoms with Crippen molar-refractivity contribution in [2.45, 2.75) is 37.8 Å². The Morgan fingerprint density at radius 1 is 1.11 bits per heavy atom. The second-order valence-corrected chi connectivity index (χ2v) is 8.16. The third-order valence-corrected chi connectivity index (χ3v) is 6.70. The van der Waals surface area contributed by atoms with Gasteiger partial charge in [0.15, 0.2) is 0 Å². The highest BCUT2D eigenvalue weighted by Crippen LogP contribution is 2.32. The molecule has 146 valence electrons. The molecule has 2 aliphatic rings. The zero-order chi connectivity index (χ0) is 18.8. The summed E-state index contributed by atoms with van der Waals surface area (Å²) in [5.74, 6) is 0.902. The van der Waals surface area contributed by atoms with E-state index >= 15 is 0 Å². The molecule has 2 aromatic rings.